The lowest BCUT2D eigenvalue weighted by molar-refractivity contribution is -0.231. The maximum absolute atomic E-state index is 12.8. The number of ether oxygens (including phenoxy) is 16. The number of carbonyl (C=O) groups excluding carboxylic acids is 3. The number of nitrogen functional groups attached to an aromatic ring is 1. The number of esters is 2. The molecule has 0 bridgehead atoms. The molecule has 632 valence electrons. The smallest absolute Gasteiger partial charge is 0.320 e. The number of fused-ring (bicyclic) bond motifs is 1. The van der Waals surface area contributed by atoms with Gasteiger partial charge in [-0.05, 0) is 136 Å². The van der Waals surface area contributed by atoms with Crippen molar-refractivity contribution < 1.29 is 109 Å². The SMILES string of the molecule is C.C=CC#N.CC1(C)OC(=O)CC(=O)O1.COc1ccc(/C=N\NCCC#N)c(OC)c1.COc1ccc(Cn2ncc3c2NC(=O)CC3c2ccc(OC)c(OC3CCCC3)c2)c(OC)c1.COc1ccc(Cn2nccc2N)c(OC)c1.COc1ccc(OC)c(OC)c1.COc1ccc(OC)c(OC2CCCC2)c1.FF.[F-].[F-]. The quantitative estimate of drug-likeness (QED) is 0.00913. The minimum absolute atomic E-state index is 0. The second-order valence-corrected chi connectivity index (χ2v) is 24.9. The van der Waals surface area contributed by atoms with Gasteiger partial charge in [0.1, 0.15) is 64.1 Å². The van der Waals surface area contributed by atoms with E-state index in [-0.39, 0.29) is 41.2 Å². The average molecular weight is 1620 g/mol. The minimum Gasteiger partial charge on any atom is -1.00 e. The molecular weight excluding hydrogens is 1520 g/mol. The molecule has 4 aliphatic rings. The number of aromatic nitrogens is 4. The molecule has 29 nitrogen and oxygen atoms in total. The van der Waals surface area contributed by atoms with Crippen LogP contribution in [0.1, 0.15) is 126 Å². The summed E-state index contributed by atoms with van der Waals surface area (Å²) in [6, 6.07) is 39.3. The number of amides is 1. The number of anilines is 2. The molecule has 2 aliphatic carbocycles. The van der Waals surface area contributed by atoms with Crippen molar-refractivity contribution in [3.8, 4) is 92.6 Å². The third-order valence-corrected chi connectivity index (χ3v) is 17.2. The van der Waals surface area contributed by atoms with E-state index in [1.54, 1.807) is 133 Å². The van der Waals surface area contributed by atoms with E-state index in [1.807, 2.05) is 108 Å². The van der Waals surface area contributed by atoms with Gasteiger partial charge < -0.3 is 102 Å². The summed E-state index contributed by atoms with van der Waals surface area (Å²) in [5.74, 6) is 9.36. The Balaban J connectivity index is 0.000000488. The maximum atomic E-state index is 12.8. The van der Waals surface area contributed by atoms with Crippen molar-refractivity contribution in [2.24, 2.45) is 5.10 Å². The molecule has 0 spiro atoms. The highest BCUT2D eigenvalue weighted by atomic mass is 20.0. The summed E-state index contributed by atoms with van der Waals surface area (Å²) in [5, 5.41) is 31.6. The Morgan fingerprint density at radius 3 is 1.41 bits per heavy atom. The van der Waals surface area contributed by atoms with Crippen molar-refractivity contribution in [3.05, 3.63) is 168 Å². The number of cyclic esters (lactones) is 2. The van der Waals surface area contributed by atoms with E-state index in [0.29, 0.717) is 79.0 Å². The molecule has 1 unspecified atom stereocenters. The Kier molecular flexibility index (Phi) is 45.4. The van der Waals surface area contributed by atoms with Gasteiger partial charge in [0.25, 0.3) is 5.79 Å². The molecule has 2 saturated carbocycles. The fourth-order valence-corrected chi connectivity index (χ4v) is 11.6. The van der Waals surface area contributed by atoms with Gasteiger partial charge in [0.05, 0.1) is 148 Å². The van der Waals surface area contributed by atoms with Crippen LogP contribution in [0.2, 0.25) is 0 Å². The third kappa shape index (κ3) is 31.2. The summed E-state index contributed by atoms with van der Waals surface area (Å²) in [4.78, 5) is 33.9. The summed E-state index contributed by atoms with van der Waals surface area (Å²) >= 11 is 0. The van der Waals surface area contributed by atoms with Crippen LogP contribution in [0.4, 0.5) is 20.8 Å². The van der Waals surface area contributed by atoms with Crippen LogP contribution >= 0.6 is 0 Å². The molecule has 1 saturated heterocycles. The van der Waals surface area contributed by atoms with Crippen LogP contribution in [0, 0.1) is 22.7 Å². The van der Waals surface area contributed by atoms with E-state index in [2.05, 4.69) is 42.1 Å². The lowest BCUT2D eigenvalue weighted by Crippen LogP contribution is -3.00. The highest BCUT2D eigenvalue weighted by Gasteiger charge is 2.35. The number of nitrogens with zero attached hydrogens (tertiary/aromatic N) is 7. The molecule has 4 N–H and O–H groups in total. The summed E-state index contributed by atoms with van der Waals surface area (Å²) < 4.78 is 104. The number of hydrogen-bond donors (Lipinski definition) is 3. The number of nitriles is 2. The predicted molar refractivity (Wildman–Crippen MR) is 427 cm³/mol. The number of benzene rings is 6. The summed E-state index contributed by atoms with van der Waals surface area (Å²) in [7, 11) is 19.5. The molecule has 116 heavy (non-hydrogen) atoms. The zero-order valence-corrected chi connectivity index (χ0v) is 67.1. The van der Waals surface area contributed by atoms with Crippen LogP contribution < -0.4 is 92.2 Å². The number of methoxy groups -OCH3 is 12. The highest BCUT2D eigenvalue weighted by molar-refractivity contribution is 5.94. The number of hydrazone groups is 1. The van der Waals surface area contributed by atoms with Crippen LogP contribution in [-0.2, 0) is 36.9 Å². The number of allylic oxidation sites excluding steroid dienone is 1. The number of carbonyl (C=O) groups is 3. The van der Waals surface area contributed by atoms with Crippen LogP contribution in [0.15, 0.2) is 145 Å². The summed E-state index contributed by atoms with van der Waals surface area (Å²) in [6.07, 6.45) is 16.7. The van der Waals surface area contributed by atoms with Crippen molar-refractivity contribution >= 4 is 35.7 Å². The van der Waals surface area contributed by atoms with Gasteiger partial charge in [0.15, 0.2) is 34.5 Å². The first-order valence-corrected chi connectivity index (χ1v) is 35.7. The Hall–Kier alpha value is -12.9. The van der Waals surface area contributed by atoms with Crippen molar-refractivity contribution in [1.29, 1.82) is 10.5 Å². The molecule has 1 atom stereocenters. The first-order chi connectivity index (χ1) is 54.7. The monoisotopic (exact) mass is 1620 g/mol. The standard InChI is InChI=1S/C27H31N3O5.C13H18O3.2C12H15N3O2.C9H12O3.C6H8O4.C3H3N.CH4.F2.2FH/c1-32-20-10-8-18(24(13-20)34-3)16-30-27-22(15-28-30)21(14-26(31)29-27)17-9-11-23(33-2)25(12-17)35-19-6-4-5-7-19;1-14-11-7-8-12(15-2)13(9-11)16-10-5-3-4-6-10;1-16-10-4-3-9(11(7-10)17-2)8-15-12(13)5-6-14-15;1-16-11-5-4-10(12(8-11)17-2)9-15-14-7-3-6-13;1-10-7-4-5-8(11-2)9(6-7)12-3;1-6(2)9-4(7)3-5(8)10-6;1-2-3-4;;1-2;;/h8-13,15,19,21H,4-7,14,16H2,1-3H3,(H,29,31);7-10H,3-6H2,1-2H3;3-7H,8,13H2,1-2H3;4-5,8-9,14H,3,7H2,1-2H3;4-6H,1-3H3;3H2,1-2H3;2H,1H2;1H4;;2*1H/p-2/b;;;15-9-;;;;;;;. The van der Waals surface area contributed by atoms with Crippen LogP contribution in [0.25, 0.3) is 0 Å². The predicted octanol–water partition coefficient (Wildman–Crippen LogP) is 8.96. The van der Waals surface area contributed by atoms with Gasteiger partial charge in [0.2, 0.25) is 5.91 Å². The largest absolute Gasteiger partial charge is 1.00 e. The topological polar surface area (TPSA) is 345 Å². The molecular formula is C83H106F4N10O19-2. The van der Waals surface area contributed by atoms with E-state index in [9.17, 15) is 14.4 Å². The van der Waals surface area contributed by atoms with Gasteiger partial charge in [-0.2, -0.15) is 25.8 Å². The molecule has 6 aromatic carbocycles. The Labute approximate surface area is 674 Å². The third-order valence-electron chi connectivity index (χ3n) is 17.2. The van der Waals surface area contributed by atoms with Crippen molar-refractivity contribution in [2.75, 3.05) is 103 Å². The highest BCUT2D eigenvalue weighted by Crippen LogP contribution is 2.42. The minimum atomic E-state index is -1.08. The van der Waals surface area contributed by atoms with E-state index < -0.39 is 17.7 Å². The van der Waals surface area contributed by atoms with Crippen LogP contribution in [0.3, 0.4) is 0 Å². The number of halogens is 4. The van der Waals surface area contributed by atoms with E-state index >= 15 is 0 Å². The van der Waals surface area contributed by atoms with E-state index in [4.69, 9.17) is 91.7 Å². The fraction of sp³-hybridized carbons (Fsp3) is 0.398. The van der Waals surface area contributed by atoms with Gasteiger partial charge in [-0.15, -0.1) is 0 Å². The van der Waals surface area contributed by atoms with Crippen LogP contribution in [-0.4, -0.2) is 153 Å². The van der Waals surface area contributed by atoms with Gasteiger partial charge in [0, 0.05) is 101 Å². The zero-order chi connectivity index (χ0) is 82.7. The Morgan fingerprint density at radius 1 is 0.569 bits per heavy atom. The van der Waals surface area contributed by atoms with E-state index in [1.165, 1.54) is 45.6 Å². The van der Waals surface area contributed by atoms with E-state index in [0.717, 1.165) is 105 Å². The van der Waals surface area contributed by atoms with Gasteiger partial charge in [-0.1, -0.05) is 20.1 Å². The first-order valence-electron chi connectivity index (χ1n) is 35.7. The van der Waals surface area contributed by atoms with Gasteiger partial charge in [-0.25, -0.2) is 9.36 Å². The molecule has 0 radical (unpaired) electrons. The summed E-state index contributed by atoms with van der Waals surface area (Å²) in [5.41, 5.74) is 13.3. The average Bonchev–Trinajstić information content (AvgIpc) is 1.56. The van der Waals surface area contributed by atoms with Crippen molar-refractivity contribution in [1.82, 2.24) is 25.0 Å². The lowest BCUT2D eigenvalue weighted by atomic mass is 9.87. The number of rotatable bonds is 25. The Bertz CT molecular complexity index is 4390. The van der Waals surface area contributed by atoms with Gasteiger partial charge >= 0.3 is 11.9 Å². The van der Waals surface area contributed by atoms with Gasteiger partial charge in [-0.3, -0.25) is 14.4 Å². The normalized spacial score (nSPS) is 13.6. The Morgan fingerprint density at radius 2 is 0.983 bits per heavy atom. The zero-order valence-electron chi connectivity index (χ0n) is 67.1. The molecule has 33 heteroatoms. The molecule has 3 fully saturated rings. The molecule has 12 rings (SSSR count). The van der Waals surface area contributed by atoms with Crippen molar-refractivity contribution in [2.45, 2.75) is 129 Å². The number of nitrogens with one attached hydrogen (secondary N) is 2. The lowest BCUT2D eigenvalue weighted by Gasteiger charge is -2.28. The summed E-state index contributed by atoms with van der Waals surface area (Å²) in [6.45, 7) is 7.71. The second kappa shape index (κ2) is 53.1. The second-order valence-electron chi connectivity index (χ2n) is 24.9. The van der Waals surface area contributed by atoms with Crippen LogP contribution in [0.5, 0.6) is 80.5 Å². The number of hydrogen-bond acceptors (Lipinski definition) is 26. The fourth-order valence-electron chi connectivity index (χ4n) is 11.6. The molecule has 8 aromatic rings. The maximum Gasteiger partial charge on any atom is 0.320 e. The molecule has 4 heterocycles. The number of nitrogens with two attached hydrogens (primary N) is 1. The van der Waals surface area contributed by atoms with Crippen molar-refractivity contribution in [3.63, 3.8) is 0 Å². The molecule has 2 aromatic heterocycles. The molecule has 1 amide bonds. The molecule has 2 aliphatic heterocycles. The first kappa shape index (κ1) is 99.1.